The third-order valence-corrected chi connectivity index (χ3v) is 5.93. The van der Waals surface area contributed by atoms with Crippen LogP contribution in [-0.2, 0) is 19.4 Å². The van der Waals surface area contributed by atoms with Crippen molar-refractivity contribution < 1.29 is 27.5 Å². The van der Waals surface area contributed by atoms with Gasteiger partial charge in [0, 0.05) is 17.5 Å². The molecule has 0 aliphatic rings. The molecule has 0 aliphatic carbocycles. The first-order chi connectivity index (χ1) is 15.4. The summed E-state index contributed by atoms with van der Waals surface area (Å²) in [6.07, 6.45) is 0.738. The Morgan fingerprint density at radius 1 is 1.06 bits per heavy atom. The maximum Gasteiger partial charge on any atom is 0.407 e. The number of halogens is 1. The molecule has 2 aromatic carbocycles. The largest absolute Gasteiger partial charge is 0.453 e. The molecule has 11 heteroatoms. The van der Waals surface area contributed by atoms with Gasteiger partial charge in [-0.05, 0) is 48.7 Å². The van der Waals surface area contributed by atoms with Crippen molar-refractivity contribution in [2.75, 3.05) is 24.0 Å². The van der Waals surface area contributed by atoms with Crippen LogP contribution >= 0.6 is 11.6 Å². The van der Waals surface area contributed by atoms with E-state index in [-0.39, 0.29) is 27.1 Å². The molecule has 3 N–H and O–H groups in total. The Labute approximate surface area is 197 Å². The molecule has 3 amide bonds. The van der Waals surface area contributed by atoms with Crippen LogP contribution in [0.1, 0.15) is 30.6 Å². The molecule has 0 aliphatic heterocycles. The number of sulfone groups is 1. The first-order valence-corrected chi connectivity index (χ1v) is 12.2. The first kappa shape index (κ1) is 26.1. The van der Waals surface area contributed by atoms with Crippen molar-refractivity contribution in [3.63, 3.8) is 0 Å². The maximum atomic E-state index is 12.6. The highest BCUT2D eigenvalue weighted by atomic mass is 35.5. The van der Waals surface area contributed by atoms with Crippen LogP contribution in [0.25, 0.3) is 0 Å². The van der Waals surface area contributed by atoms with Crippen molar-refractivity contribution in [3.8, 4) is 0 Å². The minimum absolute atomic E-state index is 0.0239. The molecule has 0 saturated heterocycles. The van der Waals surface area contributed by atoms with Gasteiger partial charge in [0.2, 0.25) is 5.91 Å². The molecule has 0 fully saturated rings. The monoisotopic (exact) mass is 495 g/mol. The molecule has 0 bridgehead atoms. The highest BCUT2D eigenvalue weighted by Gasteiger charge is 2.23. The van der Waals surface area contributed by atoms with Gasteiger partial charge in [-0.3, -0.25) is 9.59 Å². The summed E-state index contributed by atoms with van der Waals surface area (Å²) in [5, 5.41) is 7.95. The molecule has 33 heavy (non-hydrogen) atoms. The number of carbonyl (C=O) groups excluding carboxylic acids is 3. The fraction of sp³-hybridized carbons (Fsp3) is 0.318. The van der Waals surface area contributed by atoms with Gasteiger partial charge in [0.1, 0.15) is 6.04 Å². The number of rotatable bonds is 8. The highest BCUT2D eigenvalue weighted by Crippen LogP contribution is 2.26. The molecule has 2 rings (SSSR count). The summed E-state index contributed by atoms with van der Waals surface area (Å²) in [7, 11) is -2.25. The Morgan fingerprint density at radius 3 is 2.33 bits per heavy atom. The van der Waals surface area contributed by atoms with Crippen LogP contribution < -0.4 is 16.0 Å². The molecular formula is C22H26ClN3O6S. The van der Waals surface area contributed by atoms with Gasteiger partial charge in [0.15, 0.2) is 9.84 Å². The zero-order valence-corrected chi connectivity index (χ0v) is 20.2. The second-order valence-electron chi connectivity index (χ2n) is 7.76. The summed E-state index contributed by atoms with van der Waals surface area (Å²) < 4.78 is 28.0. The molecule has 9 nitrogen and oxygen atoms in total. The molecule has 1 atom stereocenters. The van der Waals surface area contributed by atoms with E-state index in [0.717, 1.165) is 6.26 Å². The van der Waals surface area contributed by atoms with E-state index in [2.05, 4.69) is 20.7 Å². The van der Waals surface area contributed by atoms with Crippen LogP contribution in [0, 0.1) is 5.92 Å². The number of nitrogens with one attached hydrogen (secondary N) is 3. The van der Waals surface area contributed by atoms with Crippen molar-refractivity contribution in [3.05, 3.63) is 53.1 Å². The van der Waals surface area contributed by atoms with Gasteiger partial charge >= 0.3 is 6.09 Å². The van der Waals surface area contributed by atoms with E-state index in [9.17, 15) is 22.8 Å². The standard InChI is InChI=1S/C22H26ClN3O6S/c1-13(2)10-19(26-22(29)32-3)21(28)24-15-8-9-18(17(23)12-15)25-20(27)14-6-5-7-16(11-14)33(4,30)31/h5-9,11-13,19H,10H2,1-4H3,(H,24,28)(H,25,27)(H,26,29). The molecule has 1 unspecified atom stereocenters. The normalized spacial score (nSPS) is 12.1. The van der Waals surface area contributed by atoms with Gasteiger partial charge in [-0.1, -0.05) is 31.5 Å². The quantitative estimate of drug-likeness (QED) is 0.511. The van der Waals surface area contributed by atoms with Crippen LogP contribution in [0.2, 0.25) is 5.02 Å². The van der Waals surface area contributed by atoms with E-state index < -0.39 is 33.8 Å². The number of carbonyl (C=O) groups is 3. The van der Waals surface area contributed by atoms with E-state index in [0.29, 0.717) is 12.1 Å². The third-order valence-electron chi connectivity index (χ3n) is 4.51. The Kier molecular flexibility index (Phi) is 8.84. The zero-order valence-electron chi connectivity index (χ0n) is 18.6. The van der Waals surface area contributed by atoms with Gasteiger partial charge in [0.05, 0.1) is 22.7 Å². The predicted molar refractivity (Wildman–Crippen MR) is 126 cm³/mol. The van der Waals surface area contributed by atoms with Crippen LogP contribution in [0.15, 0.2) is 47.4 Å². The molecule has 0 heterocycles. The van der Waals surface area contributed by atoms with Gasteiger partial charge in [0.25, 0.3) is 5.91 Å². The maximum absolute atomic E-state index is 12.6. The number of benzene rings is 2. The van der Waals surface area contributed by atoms with E-state index in [1.807, 2.05) is 13.8 Å². The minimum atomic E-state index is -3.46. The SMILES string of the molecule is COC(=O)NC(CC(C)C)C(=O)Nc1ccc(NC(=O)c2cccc(S(C)(=O)=O)c2)c(Cl)c1. The van der Waals surface area contributed by atoms with Gasteiger partial charge in [-0.25, -0.2) is 13.2 Å². The number of alkyl carbamates (subject to hydrolysis) is 1. The van der Waals surface area contributed by atoms with Crippen LogP contribution in [0.5, 0.6) is 0 Å². The Balaban J connectivity index is 2.13. The summed E-state index contributed by atoms with van der Waals surface area (Å²) in [6, 6.07) is 9.31. The lowest BCUT2D eigenvalue weighted by Crippen LogP contribution is -2.44. The smallest absolute Gasteiger partial charge is 0.407 e. The summed E-state index contributed by atoms with van der Waals surface area (Å²) in [4.78, 5) is 36.7. The lowest BCUT2D eigenvalue weighted by molar-refractivity contribution is -0.118. The fourth-order valence-corrected chi connectivity index (χ4v) is 3.78. The number of hydrogen-bond donors (Lipinski definition) is 3. The Hall–Kier alpha value is -3.11. The number of anilines is 2. The predicted octanol–water partition coefficient (Wildman–Crippen LogP) is 3.71. The van der Waals surface area contributed by atoms with E-state index in [4.69, 9.17) is 11.6 Å². The first-order valence-electron chi connectivity index (χ1n) is 9.97. The summed E-state index contributed by atoms with van der Waals surface area (Å²) in [5.74, 6) is -0.849. The van der Waals surface area contributed by atoms with Crippen molar-refractivity contribution in [1.29, 1.82) is 0 Å². The van der Waals surface area contributed by atoms with Gasteiger partial charge in [-0.2, -0.15) is 0 Å². The van der Waals surface area contributed by atoms with Crippen molar-refractivity contribution in [2.24, 2.45) is 5.92 Å². The average Bonchev–Trinajstić information content (AvgIpc) is 2.74. The molecule has 0 saturated carbocycles. The van der Waals surface area contributed by atoms with Crippen LogP contribution in [0.3, 0.4) is 0 Å². The average molecular weight is 496 g/mol. The van der Waals surface area contributed by atoms with Gasteiger partial charge in [-0.15, -0.1) is 0 Å². The van der Waals surface area contributed by atoms with E-state index in [1.54, 1.807) is 0 Å². The van der Waals surface area contributed by atoms with Crippen molar-refractivity contribution in [2.45, 2.75) is 31.2 Å². The Bertz CT molecular complexity index is 1150. The minimum Gasteiger partial charge on any atom is -0.453 e. The molecule has 2 aromatic rings. The van der Waals surface area contributed by atoms with Gasteiger partial charge < -0.3 is 20.7 Å². The number of hydrogen-bond acceptors (Lipinski definition) is 6. The van der Waals surface area contributed by atoms with E-state index in [1.165, 1.54) is 49.6 Å². The number of amides is 3. The molecule has 178 valence electrons. The number of methoxy groups -OCH3 is 1. The fourth-order valence-electron chi connectivity index (χ4n) is 2.89. The molecule has 0 radical (unpaired) electrons. The van der Waals surface area contributed by atoms with E-state index >= 15 is 0 Å². The third kappa shape index (κ3) is 7.76. The lowest BCUT2D eigenvalue weighted by atomic mass is 10.0. The molecule has 0 aromatic heterocycles. The second kappa shape index (κ2) is 11.2. The number of ether oxygens (including phenoxy) is 1. The van der Waals surface area contributed by atoms with Crippen LogP contribution in [0.4, 0.5) is 16.2 Å². The second-order valence-corrected chi connectivity index (χ2v) is 10.2. The highest BCUT2D eigenvalue weighted by molar-refractivity contribution is 7.90. The Morgan fingerprint density at radius 2 is 1.76 bits per heavy atom. The summed E-state index contributed by atoms with van der Waals surface area (Å²) >= 11 is 6.27. The molecule has 0 spiro atoms. The lowest BCUT2D eigenvalue weighted by Gasteiger charge is -2.19. The summed E-state index contributed by atoms with van der Waals surface area (Å²) in [5.41, 5.74) is 0.787. The zero-order chi connectivity index (χ0) is 24.8. The topological polar surface area (TPSA) is 131 Å². The van der Waals surface area contributed by atoms with Crippen molar-refractivity contribution >= 4 is 50.7 Å². The molecular weight excluding hydrogens is 470 g/mol. The van der Waals surface area contributed by atoms with Crippen molar-refractivity contribution in [1.82, 2.24) is 5.32 Å². The van der Waals surface area contributed by atoms with Crippen LogP contribution in [-0.4, -0.2) is 45.7 Å². The summed E-state index contributed by atoms with van der Waals surface area (Å²) in [6.45, 7) is 3.83.